The molecular weight excluding hydrogens is 330 g/mol. The van der Waals surface area contributed by atoms with Crippen LogP contribution >= 0.6 is 22.6 Å². The monoisotopic (exact) mass is 332 g/mol. The van der Waals surface area contributed by atoms with E-state index in [9.17, 15) is 23.3 Å². The number of ether oxygens (including phenoxy) is 1. The van der Waals surface area contributed by atoms with Crippen molar-refractivity contribution in [3.05, 3.63) is 31.9 Å². The summed E-state index contributed by atoms with van der Waals surface area (Å²) in [4.78, 5) is 9.40. The van der Waals surface area contributed by atoms with Crippen LogP contribution in [0.1, 0.15) is 0 Å². The highest BCUT2D eigenvalue weighted by Gasteiger charge is 2.35. The fourth-order valence-corrected chi connectivity index (χ4v) is 1.34. The van der Waals surface area contributed by atoms with Crippen molar-refractivity contribution in [3.63, 3.8) is 0 Å². The van der Waals surface area contributed by atoms with Crippen molar-refractivity contribution in [2.45, 2.75) is 6.36 Å². The first-order valence-corrected chi connectivity index (χ1v) is 4.49. The number of halogens is 4. The summed E-state index contributed by atoms with van der Waals surface area (Å²) >= 11 is 1.51. The molecule has 0 aliphatic heterocycles. The molecule has 0 aliphatic carbocycles. The van der Waals surface area contributed by atoms with E-state index in [4.69, 9.17) is 0 Å². The molecule has 0 aliphatic rings. The van der Waals surface area contributed by atoms with Crippen molar-refractivity contribution in [2.75, 3.05) is 0 Å². The maximum absolute atomic E-state index is 11.9. The van der Waals surface area contributed by atoms with Gasteiger partial charge in [-0.05, 0) is 34.7 Å². The Labute approximate surface area is 95.3 Å². The Morgan fingerprint density at radius 2 is 2.13 bits per heavy atom. The van der Waals surface area contributed by atoms with Crippen LogP contribution in [0.5, 0.6) is 5.75 Å². The number of nitro benzene ring substituents is 1. The standard InChI is InChI=1S/C7H2F3INO3/c8-7(9,10)15-6-4(11)2-1-3-5(6)12(13)14/h1-2H. The van der Waals surface area contributed by atoms with Gasteiger partial charge in [-0.25, -0.2) is 0 Å². The van der Waals surface area contributed by atoms with E-state index in [1.807, 2.05) is 0 Å². The van der Waals surface area contributed by atoms with Crippen molar-refractivity contribution in [1.82, 2.24) is 0 Å². The number of benzene rings is 1. The molecule has 1 rings (SSSR count). The van der Waals surface area contributed by atoms with Crippen LogP contribution in [0.15, 0.2) is 12.1 Å². The van der Waals surface area contributed by atoms with Crippen LogP contribution in [-0.2, 0) is 0 Å². The first-order chi connectivity index (χ1) is 6.81. The maximum atomic E-state index is 11.9. The molecule has 1 radical (unpaired) electrons. The Bertz CT molecular complexity index is 394. The van der Waals surface area contributed by atoms with E-state index in [1.54, 1.807) is 0 Å². The Morgan fingerprint density at radius 1 is 1.53 bits per heavy atom. The van der Waals surface area contributed by atoms with E-state index < -0.39 is 22.7 Å². The normalized spacial score (nSPS) is 11.2. The van der Waals surface area contributed by atoms with Crippen LogP contribution < -0.4 is 4.74 Å². The van der Waals surface area contributed by atoms with Crippen LogP contribution in [0.3, 0.4) is 0 Å². The molecule has 15 heavy (non-hydrogen) atoms. The highest BCUT2D eigenvalue weighted by Crippen LogP contribution is 2.35. The van der Waals surface area contributed by atoms with Gasteiger partial charge < -0.3 is 4.74 Å². The summed E-state index contributed by atoms with van der Waals surface area (Å²) in [7, 11) is 0. The van der Waals surface area contributed by atoms with Gasteiger partial charge in [-0.1, -0.05) is 0 Å². The molecule has 4 nitrogen and oxygen atoms in total. The minimum absolute atomic E-state index is 0.00428. The van der Waals surface area contributed by atoms with Crippen LogP contribution in [-0.4, -0.2) is 11.3 Å². The first-order valence-electron chi connectivity index (χ1n) is 3.41. The van der Waals surface area contributed by atoms with Gasteiger partial charge in [0.15, 0.2) is 0 Å². The average molecular weight is 332 g/mol. The van der Waals surface area contributed by atoms with Crippen LogP contribution in [0, 0.1) is 19.8 Å². The molecule has 0 unspecified atom stereocenters. The molecule has 0 N–H and O–H groups in total. The van der Waals surface area contributed by atoms with Crippen LogP contribution in [0.4, 0.5) is 18.9 Å². The number of hydrogen-bond acceptors (Lipinski definition) is 3. The van der Waals surface area contributed by atoms with Gasteiger partial charge in [-0.2, -0.15) is 0 Å². The Hall–Kier alpha value is -1.06. The fraction of sp³-hybridized carbons (Fsp3) is 0.143. The lowest BCUT2D eigenvalue weighted by molar-refractivity contribution is -0.389. The highest BCUT2D eigenvalue weighted by molar-refractivity contribution is 14.1. The Morgan fingerprint density at radius 3 is 2.60 bits per heavy atom. The molecule has 0 heterocycles. The summed E-state index contributed by atoms with van der Waals surface area (Å²) < 4.78 is 39.2. The second-order valence-electron chi connectivity index (χ2n) is 2.31. The predicted molar refractivity (Wildman–Crippen MR) is 51.3 cm³/mol. The quantitative estimate of drug-likeness (QED) is 0.475. The molecular formula is C7H2F3INO3. The van der Waals surface area contributed by atoms with E-state index in [-0.39, 0.29) is 3.57 Å². The van der Waals surface area contributed by atoms with Gasteiger partial charge in [0, 0.05) is 0 Å². The zero-order chi connectivity index (χ0) is 11.6. The first kappa shape index (κ1) is 12.0. The lowest BCUT2D eigenvalue weighted by Gasteiger charge is -2.09. The molecule has 1 aromatic carbocycles. The van der Waals surface area contributed by atoms with E-state index >= 15 is 0 Å². The minimum atomic E-state index is -4.96. The smallest absolute Gasteiger partial charge is 0.397 e. The molecule has 81 valence electrons. The van der Waals surface area contributed by atoms with Crippen molar-refractivity contribution < 1.29 is 22.8 Å². The summed E-state index contributed by atoms with van der Waals surface area (Å²) in [5.41, 5.74) is -0.834. The second-order valence-corrected chi connectivity index (χ2v) is 3.47. The number of hydrogen-bond donors (Lipinski definition) is 0. The predicted octanol–water partition coefficient (Wildman–Crippen LogP) is 2.90. The number of nitrogens with zero attached hydrogens (tertiary/aromatic N) is 1. The molecule has 0 fully saturated rings. The molecule has 0 aromatic heterocycles. The molecule has 0 spiro atoms. The SMILES string of the molecule is O=[N+]([O-])c1[c]ccc(I)c1OC(F)(F)F. The highest BCUT2D eigenvalue weighted by atomic mass is 127. The lowest BCUT2D eigenvalue weighted by Crippen LogP contribution is -2.18. The third-order valence-corrected chi connectivity index (χ3v) is 2.13. The van der Waals surface area contributed by atoms with Gasteiger partial charge in [0.05, 0.1) is 14.6 Å². The van der Waals surface area contributed by atoms with Gasteiger partial charge in [0.2, 0.25) is 5.75 Å². The largest absolute Gasteiger partial charge is 0.573 e. The molecule has 1 aromatic rings. The third-order valence-electron chi connectivity index (χ3n) is 1.28. The van der Waals surface area contributed by atoms with Gasteiger partial charge >= 0.3 is 12.0 Å². The summed E-state index contributed by atoms with van der Waals surface area (Å²) in [5, 5.41) is 10.4. The van der Waals surface area contributed by atoms with E-state index in [0.29, 0.717) is 0 Å². The molecule has 0 amide bonds. The van der Waals surface area contributed by atoms with Crippen LogP contribution in [0.2, 0.25) is 0 Å². The van der Waals surface area contributed by atoms with Crippen LogP contribution in [0.25, 0.3) is 0 Å². The number of alkyl halides is 3. The zero-order valence-corrected chi connectivity index (χ0v) is 9.00. The van der Waals surface area contributed by atoms with Crippen molar-refractivity contribution in [3.8, 4) is 5.75 Å². The van der Waals surface area contributed by atoms with Gasteiger partial charge in [0.25, 0.3) is 0 Å². The van der Waals surface area contributed by atoms with Gasteiger partial charge in [-0.3, -0.25) is 10.1 Å². The van der Waals surface area contributed by atoms with Crippen molar-refractivity contribution in [2.24, 2.45) is 0 Å². The lowest BCUT2D eigenvalue weighted by atomic mass is 10.3. The summed E-state index contributed by atoms with van der Waals surface area (Å²) in [6.07, 6.45) is -4.96. The van der Waals surface area contributed by atoms with Crippen molar-refractivity contribution in [1.29, 1.82) is 0 Å². The summed E-state index contributed by atoms with van der Waals surface area (Å²) in [5.74, 6) is -0.837. The maximum Gasteiger partial charge on any atom is 0.573 e. The number of rotatable bonds is 2. The average Bonchev–Trinajstić information content (AvgIpc) is 2.05. The Balaban J connectivity index is 3.19. The Kier molecular flexibility index (Phi) is 3.37. The number of nitro groups is 1. The molecule has 0 bridgehead atoms. The van der Waals surface area contributed by atoms with Gasteiger partial charge in [-0.15, -0.1) is 13.2 Å². The molecule has 0 saturated carbocycles. The molecule has 0 saturated heterocycles. The summed E-state index contributed by atoms with van der Waals surface area (Å²) in [6, 6.07) is 4.46. The third kappa shape index (κ3) is 3.22. The molecule has 8 heteroatoms. The van der Waals surface area contributed by atoms with E-state index in [2.05, 4.69) is 10.8 Å². The van der Waals surface area contributed by atoms with E-state index in [0.717, 1.165) is 6.07 Å². The molecule has 0 atom stereocenters. The summed E-state index contributed by atoms with van der Waals surface area (Å²) in [6.45, 7) is 0. The second kappa shape index (κ2) is 4.21. The fourth-order valence-electron chi connectivity index (χ4n) is 0.797. The topological polar surface area (TPSA) is 52.4 Å². The minimum Gasteiger partial charge on any atom is -0.397 e. The van der Waals surface area contributed by atoms with Crippen molar-refractivity contribution >= 4 is 28.3 Å². The van der Waals surface area contributed by atoms with Gasteiger partial charge in [0.1, 0.15) is 0 Å². The zero-order valence-electron chi connectivity index (χ0n) is 6.84. The van der Waals surface area contributed by atoms with E-state index in [1.165, 1.54) is 28.7 Å².